The van der Waals surface area contributed by atoms with E-state index in [4.69, 9.17) is 0 Å². The maximum Gasteiger partial charge on any atom is -0.0162 e. The normalized spacial score (nSPS) is 14.6. The fraction of sp³-hybridized carbons (Fsp3) is 0.412. The molecule has 0 bridgehead atoms. The molecule has 6 aromatic rings. The molecule has 0 saturated heterocycles. The second-order valence-electron chi connectivity index (χ2n) is 16.1. The summed E-state index contributed by atoms with van der Waals surface area (Å²) in [6.07, 6.45) is 15.0. The van der Waals surface area contributed by atoms with E-state index in [9.17, 15) is 0 Å². The van der Waals surface area contributed by atoms with Gasteiger partial charge in [-0.3, -0.25) is 0 Å². The Morgan fingerprint density at radius 3 is 1.36 bits per heavy atom. The topological polar surface area (TPSA) is 0 Å². The Balaban J connectivity index is 0.000000207. The summed E-state index contributed by atoms with van der Waals surface area (Å²) in [7, 11) is 0. The van der Waals surface area contributed by atoms with E-state index in [0.717, 1.165) is 18.3 Å². The van der Waals surface area contributed by atoms with Crippen LogP contribution in [-0.4, -0.2) is 5.43 Å². The second kappa shape index (κ2) is 22.1. The van der Waals surface area contributed by atoms with Crippen molar-refractivity contribution < 1.29 is 48.1 Å². The molecule has 0 spiro atoms. The van der Waals surface area contributed by atoms with Gasteiger partial charge in [-0.2, -0.15) is 12.1 Å². The number of hydrogen-bond donors (Lipinski definition) is 0. The smallest absolute Gasteiger partial charge is 0.0162 e. The first-order valence-corrected chi connectivity index (χ1v) is 26.5. The largest absolute Gasteiger partial charge is 1.00 e. The van der Waals surface area contributed by atoms with E-state index < -0.39 is 0 Å². The number of fused-ring (bicyclic) bond motifs is 2. The van der Waals surface area contributed by atoms with Gasteiger partial charge in [-0.25, -0.2) is 0 Å². The molecule has 0 aliphatic heterocycles. The summed E-state index contributed by atoms with van der Waals surface area (Å²) >= 11 is 1.80. The summed E-state index contributed by atoms with van der Waals surface area (Å²) in [5, 5.41) is 5.55. The van der Waals surface area contributed by atoms with Crippen molar-refractivity contribution in [2.45, 2.75) is 136 Å². The Morgan fingerprint density at radius 1 is 0.545 bits per heavy atom. The third-order valence-corrected chi connectivity index (χ3v) is 18.9. The molecule has 0 unspecified atom stereocenters. The van der Waals surface area contributed by atoms with Gasteiger partial charge >= 0.3 is 54.7 Å². The molecule has 0 nitrogen and oxygen atoms in total. The van der Waals surface area contributed by atoms with E-state index in [0.29, 0.717) is 0 Å². The zero-order chi connectivity index (χ0) is 37.3. The van der Waals surface area contributed by atoms with Gasteiger partial charge in [0.15, 0.2) is 0 Å². The predicted molar refractivity (Wildman–Crippen MR) is 232 cm³/mol. The van der Waals surface area contributed by atoms with Gasteiger partial charge in [0.05, 0.1) is 0 Å². The molecule has 4 heteroatoms. The average molecular weight is 865 g/mol. The Kier molecular flexibility index (Phi) is 18.3. The van der Waals surface area contributed by atoms with Crippen LogP contribution in [0.4, 0.5) is 0 Å². The third kappa shape index (κ3) is 11.9. The van der Waals surface area contributed by atoms with Crippen LogP contribution in [0, 0.1) is 20.8 Å². The average Bonchev–Trinajstić information content (AvgIpc) is 3.80. The third-order valence-electron chi connectivity index (χ3n) is 12.0. The van der Waals surface area contributed by atoms with Crippen LogP contribution in [0.3, 0.4) is 0 Å². The quantitative estimate of drug-likeness (QED) is 0.111. The summed E-state index contributed by atoms with van der Waals surface area (Å²) in [6, 6.07) is 40.4. The summed E-state index contributed by atoms with van der Waals surface area (Å²) in [4.78, 5) is 0. The van der Waals surface area contributed by atoms with Gasteiger partial charge in [-0.05, 0) is 80.0 Å². The zero-order valence-corrected chi connectivity index (χ0v) is 39.3. The molecule has 290 valence electrons. The van der Waals surface area contributed by atoms with E-state index in [2.05, 4.69) is 139 Å². The van der Waals surface area contributed by atoms with Crippen molar-refractivity contribution in [1.29, 1.82) is 0 Å². The molecule has 2 saturated carbocycles. The van der Waals surface area contributed by atoms with Crippen LogP contribution in [0.1, 0.15) is 130 Å². The molecule has 2 aliphatic rings. The molecule has 0 heterocycles. The van der Waals surface area contributed by atoms with Gasteiger partial charge in [-0.15, -0.1) is 56.9 Å². The van der Waals surface area contributed by atoms with E-state index in [1.54, 1.807) is 28.9 Å². The molecule has 0 N–H and O–H groups in total. The molecule has 8 rings (SSSR count). The maximum absolute atomic E-state index is 2.38. The number of hydrogen-bond acceptors (Lipinski definition) is 0. The van der Waals surface area contributed by atoms with Crippen molar-refractivity contribution in [2.75, 3.05) is 0 Å². The van der Waals surface area contributed by atoms with Crippen molar-refractivity contribution >= 4 is 27.0 Å². The van der Waals surface area contributed by atoms with Gasteiger partial charge in [0.1, 0.15) is 0 Å². The van der Waals surface area contributed by atoms with E-state index in [1.807, 2.05) is 0 Å². The molecule has 55 heavy (non-hydrogen) atoms. The van der Waals surface area contributed by atoms with Gasteiger partial charge in [0, 0.05) is 0 Å². The molecular formula is C51H62Cl2SiZr-2. The monoisotopic (exact) mass is 862 g/mol. The first-order chi connectivity index (χ1) is 25.8. The number of rotatable bonds is 7. The van der Waals surface area contributed by atoms with E-state index in [1.165, 1.54) is 148 Å². The first kappa shape index (κ1) is 45.5. The molecule has 0 amide bonds. The van der Waals surface area contributed by atoms with Gasteiger partial charge in [0.25, 0.3) is 0 Å². The van der Waals surface area contributed by atoms with Crippen molar-refractivity contribution in [1.82, 2.24) is 0 Å². The van der Waals surface area contributed by atoms with Gasteiger partial charge in [0.2, 0.25) is 0 Å². The summed E-state index contributed by atoms with van der Waals surface area (Å²) < 4.78 is 0. The predicted octanol–water partition coefficient (Wildman–Crippen LogP) is 9.61. The molecule has 2 aliphatic carbocycles. The summed E-state index contributed by atoms with van der Waals surface area (Å²) in [6.45, 7) is 13.4. The summed E-state index contributed by atoms with van der Waals surface area (Å²) in [5.74, 6) is 1.58. The molecular weight excluding hydrogens is 803 g/mol. The number of aryl methyl sites for hydroxylation is 4. The van der Waals surface area contributed by atoms with Crippen LogP contribution in [0.25, 0.3) is 43.8 Å². The Morgan fingerprint density at radius 2 is 0.964 bits per heavy atom. The van der Waals surface area contributed by atoms with Crippen LogP contribution in [-0.2, 0) is 29.8 Å². The van der Waals surface area contributed by atoms with Crippen LogP contribution in [0.2, 0.25) is 12.1 Å². The van der Waals surface area contributed by atoms with Crippen LogP contribution < -0.4 is 24.8 Å². The zero-order valence-electron chi connectivity index (χ0n) is 34.3. The van der Waals surface area contributed by atoms with Crippen molar-refractivity contribution in [2.24, 2.45) is 0 Å². The van der Waals surface area contributed by atoms with Gasteiger partial charge < -0.3 is 24.8 Å². The molecule has 6 aromatic carbocycles. The number of benzene rings is 4. The minimum atomic E-state index is 0. The minimum absolute atomic E-state index is 0. The maximum atomic E-state index is 2.38. The molecule has 0 radical (unpaired) electrons. The van der Waals surface area contributed by atoms with Crippen LogP contribution in [0.15, 0.2) is 97.1 Å². The Labute approximate surface area is 361 Å². The van der Waals surface area contributed by atoms with E-state index in [-0.39, 0.29) is 30.2 Å². The van der Waals surface area contributed by atoms with Crippen molar-refractivity contribution in [3.8, 4) is 22.3 Å². The summed E-state index contributed by atoms with van der Waals surface area (Å²) in [5.41, 5.74) is 14.3. The second-order valence-corrected chi connectivity index (χ2v) is 23.9. The standard InChI is InChI=1S/C24H27.C23H25.C4H10Si.2ClH.Zr/c1-3-18-15-22-13-17(2)14-23(24(22)16-18)21-11-9-20(10-12-21)19-7-5-4-6-8-19;1-16-12-21-13-17(2)15-23(21)22(14-16)20-10-8-19(9-11-20)18-6-4-3-5-7-18;1-3-5-4-2;;;/h9-16,19H,3-8H2,1-2H3;8-15,18H,3-7H2,1-2H3;3-4H2,1-2H3;2*1H;/q2*-1;;;;+2/p-2. The fourth-order valence-corrected chi connectivity index (χ4v) is 9.33. The Bertz CT molecular complexity index is 2080. The first-order valence-electron chi connectivity index (χ1n) is 20.9. The minimum Gasteiger partial charge on any atom is -1.00 e. The van der Waals surface area contributed by atoms with E-state index >= 15 is 0 Å². The van der Waals surface area contributed by atoms with Crippen molar-refractivity contribution in [3.63, 3.8) is 0 Å². The fourth-order valence-electron chi connectivity index (χ4n) is 8.83. The SMILES string of the molecule is CC[Si](=[Zr+2])CC.CCc1cc2c(-c3ccc(C4CCCCC4)cc3)cc(C)cc2[cH-]1.Cc1cc(-c2ccc(C3CCCCC3)cc2)c2cc(C)[cH-]c2c1.[Cl-].[Cl-]. The Hall–Kier alpha value is -2.22. The van der Waals surface area contributed by atoms with Crippen LogP contribution >= 0.6 is 0 Å². The molecule has 0 aromatic heterocycles. The van der Waals surface area contributed by atoms with Crippen molar-refractivity contribution in [3.05, 3.63) is 130 Å². The molecule has 0 atom stereocenters. The number of halogens is 2. The van der Waals surface area contributed by atoms with Crippen LogP contribution in [0.5, 0.6) is 0 Å². The molecule has 2 fully saturated rings. The van der Waals surface area contributed by atoms with Gasteiger partial charge in [-0.1, -0.05) is 135 Å².